The highest BCUT2D eigenvalue weighted by Gasteiger charge is 2.56. The summed E-state index contributed by atoms with van der Waals surface area (Å²) in [5, 5.41) is 28.2. The fourth-order valence-electron chi connectivity index (χ4n) is 5.23. The van der Waals surface area contributed by atoms with Crippen molar-refractivity contribution in [2.75, 3.05) is 24.9 Å². The number of nitrogens with zero attached hydrogens (tertiary/aromatic N) is 1. The highest BCUT2D eigenvalue weighted by atomic mass is 16.6. The number of ether oxygens (including phenoxy) is 2. The van der Waals surface area contributed by atoms with Crippen molar-refractivity contribution in [3.8, 4) is 11.5 Å². The molecule has 3 aromatic carbocycles. The number of para-hydroxylation sites is 4. The number of amides is 2. The Balaban J connectivity index is 1.80. The van der Waals surface area contributed by atoms with E-state index in [1.807, 2.05) is 0 Å². The molecule has 1 fully saturated rings. The smallest absolute Gasteiger partial charge is 0.269 e. The largest absolute Gasteiger partial charge is 0.495 e. The van der Waals surface area contributed by atoms with Crippen molar-refractivity contribution in [3.63, 3.8) is 0 Å². The molecule has 0 radical (unpaired) electrons. The van der Waals surface area contributed by atoms with Crippen molar-refractivity contribution in [2.45, 2.75) is 24.9 Å². The third-order valence-corrected chi connectivity index (χ3v) is 7.05. The minimum Gasteiger partial charge on any atom is -0.495 e. The standard InChI is InChI=1S/C29H29N3O8/c1-29(36)16-21(33)25(27(34)30-19-8-4-6-10-22(19)39-2)24(17-12-14-18(15-13-17)32(37)38)26(29)28(35)31-20-9-5-7-11-23(20)40-3/h4-15,24-26,36H,16H2,1-3H3,(H,30,34)(H,31,35)/t24-,25-,26+,29+/m1/s1. The van der Waals surface area contributed by atoms with Gasteiger partial charge in [-0.1, -0.05) is 36.4 Å². The number of rotatable bonds is 8. The van der Waals surface area contributed by atoms with Gasteiger partial charge in [-0.15, -0.1) is 0 Å². The number of anilines is 2. The van der Waals surface area contributed by atoms with Gasteiger partial charge in [-0.05, 0) is 36.8 Å². The topological polar surface area (TPSA) is 157 Å². The molecular weight excluding hydrogens is 518 g/mol. The van der Waals surface area contributed by atoms with Crippen molar-refractivity contribution < 1.29 is 33.9 Å². The van der Waals surface area contributed by atoms with E-state index >= 15 is 0 Å². The van der Waals surface area contributed by atoms with E-state index in [0.29, 0.717) is 28.4 Å². The zero-order valence-corrected chi connectivity index (χ0v) is 22.1. The molecule has 3 aromatic rings. The lowest BCUT2D eigenvalue weighted by atomic mass is 9.61. The molecule has 2 amide bonds. The molecule has 0 heterocycles. The second kappa shape index (κ2) is 11.5. The molecule has 1 aliphatic carbocycles. The summed E-state index contributed by atoms with van der Waals surface area (Å²) in [4.78, 5) is 51.7. The first-order chi connectivity index (χ1) is 19.1. The minimum atomic E-state index is -1.85. The molecule has 3 N–H and O–H groups in total. The number of carbonyl (C=O) groups excluding carboxylic acids is 3. The summed E-state index contributed by atoms with van der Waals surface area (Å²) in [6.45, 7) is 1.37. The first-order valence-corrected chi connectivity index (χ1v) is 12.4. The number of benzene rings is 3. The SMILES string of the molecule is COc1ccccc1NC(=O)[C@@H]1C(=O)C[C@](C)(O)[C@H](C(=O)Nc2ccccc2OC)[C@@H]1c1ccc([N+](=O)[O-])cc1. The van der Waals surface area contributed by atoms with Gasteiger partial charge in [0.25, 0.3) is 5.69 Å². The summed E-state index contributed by atoms with van der Waals surface area (Å²) in [5.41, 5.74) is -1.10. The third-order valence-electron chi connectivity index (χ3n) is 7.05. The fourth-order valence-corrected chi connectivity index (χ4v) is 5.23. The average molecular weight is 548 g/mol. The lowest BCUT2D eigenvalue weighted by Gasteiger charge is -2.44. The van der Waals surface area contributed by atoms with Crippen LogP contribution in [0.15, 0.2) is 72.8 Å². The van der Waals surface area contributed by atoms with Gasteiger partial charge in [0.2, 0.25) is 11.8 Å². The van der Waals surface area contributed by atoms with E-state index < -0.39 is 52.3 Å². The third kappa shape index (κ3) is 5.64. The van der Waals surface area contributed by atoms with Gasteiger partial charge in [0.05, 0.1) is 42.0 Å². The quantitative estimate of drug-likeness (QED) is 0.218. The summed E-state index contributed by atoms with van der Waals surface area (Å²) in [7, 11) is 2.88. The van der Waals surface area contributed by atoms with Crippen LogP contribution >= 0.6 is 0 Å². The van der Waals surface area contributed by atoms with Crippen molar-refractivity contribution >= 4 is 34.7 Å². The Labute approximate surface area is 230 Å². The van der Waals surface area contributed by atoms with Crippen molar-refractivity contribution in [3.05, 3.63) is 88.5 Å². The Morgan fingerprint density at radius 2 is 1.40 bits per heavy atom. The van der Waals surface area contributed by atoms with Gasteiger partial charge in [0.15, 0.2) is 0 Å². The van der Waals surface area contributed by atoms with E-state index in [9.17, 15) is 29.6 Å². The number of methoxy groups -OCH3 is 2. The fraction of sp³-hybridized carbons (Fsp3) is 0.276. The van der Waals surface area contributed by atoms with E-state index in [1.165, 1.54) is 45.4 Å². The summed E-state index contributed by atoms with van der Waals surface area (Å²) in [6.07, 6.45) is -0.468. The maximum atomic E-state index is 13.8. The lowest BCUT2D eigenvalue weighted by molar-refractivity contribution is -0.384. The van der Waals surface area contributed by atoms with Crippen LogP contribution in [0.3, 0.4) is 0 Å². The molecule has 0 aromatic heterocycles. The molecule has 0 unspecified atom stereocenters. The molecule has 1 aliphatic rings. The molecule has 0 spiro atoms. The molecule has 0 aliphatic heterocycles. The molecule has 4 rings (SSSR count). The van der Waals surface area contributed by atoms with Gasteiger partial charge in [-0.2, -0.15) is 0 Å². The highest BCUT2D eigenvalue weighted by molar-refractivity contribution is 6.11. The molecule has 1 saturated carbocycles. The summed E-state index contributed by atoms with van der Waals surface area (Å²) >= 11 is 0. The van der Waals surface area contributed by atoms with Crippen LogP contribution in [0.4, 0.5) is 17.1 Å². The van der Waals surface area contributed by atoms with Crippen LogP contribution in [0.1, 0.15) is 24.8 Å². The second-order valence-corrected chi connectivity index (χ2v) is 9.71. The number of carbonyl (C=O) groups is 3. The summed E-state index contributed by atoms with van der Waals surface area (Å²) in [6, 6.07) is 18.6. The maximum absolute atomic E-state index is 13.8. The predicted molar refractivity (Wildman–Crippen MR) is 146 cm³/mol. The first kappa shape index (κ1) is 28.2. The Morgan fingerprint density at radius 3 is 1.90 bits per heavy atom. The van der Waals surface area contributed by atoms with Gasteiger partial charge >= 0.3 is 0 Å². The number of nitrogens with one attached hydrogen (secondary N) is 2. The number of aliphatic hydroxyl groups is 1. The number of ketones is 1. The summed E-state index contributed by atoms with van der Waals surface area (Å²) in [5.74, 6) is -5.07. The van der Waals surface area contributed by atoms with Gasteiger partial charge in [-0.3, -0.25) is 24.5 Å². The predicted octanol–water partition coefficient (Wildman–Crippen LogP) is 3.93. The molecule has 11 nitrogen and oxygen atoms in total. The van der Waals surface area contributed by atoms with Crippen molar-refractivity contribution in [1.29, 1.82) is 0 Å². The minimum absolute atomic E-state index is 0.206. The molecule has 40 heavy (non-hydrogen) atoms. The van der Waals surface area contributed by atoms with E-state index in [-0.39, 0.29) is 5.69 Å². The Kier molecular flexibility index (Phi) is 8.15. The molecule has 0 bridgehead atoms. The van der Waals surface area contributed by atoms with Crippen LogP contribution < -0.4 is 20.1 Å². The molecule has 208 valence electrons. The number of hydrogen-bond acceptors (Lipinski definition) is 8. The molecule has 4 atom stereocenters. The van der Waals surface area contributed by atoms with Crippen LogP contribution in [0, 0.1) is 22.0 Å². The van der Waals surface area contributed by atoms with Gasteiger partial charge < -0.3 is 25.2 Å². The monoisotopic (exact) mass is 547 g/mol. The average Bonchev–Trinajstić information content (AvgIpc) is 2.92. The Morgan fingerprint density at radius 1 is 0.900 bits per heavy atom. The van der Waals surface area contributed by atoms with Crippen LogP contribution in [0.5, 0.6) is 11.5 Å². The Bertz CT molecular complexity index is 1440. The first-order valence-electron chi connectivity index (χ1n) is 12.4. The number of nitro benzene ring substituents is 1. The molecular formula is C29H29N3O8. The van der Waals surface area contributed by atoms with E-state index in [0.717, 1.165) is 0 Å². The van der Waals surface area contributed by atoms with Gasteiger partial charge in [0, 0.05) is 24.5 Å². The van der Waals surface area contributed by atoms with Crippen LogP contribution in [0.2, 0.25) is 0 Å². The molecule has 0 saturated heterocycles. The normalized spacial score (nSPS) is 22.2. The van der Waals surface area contributed by atoms with E-state index in [2.05, 4.69) is 10.6 Å². The number of Topliss-reactive ketones (excluding diaryl/α,β-unsaturated/α-hetero) is 1. The van der Waals surface area contributed by atoms with Crippen LogP contribution in [-0.2, 0) is 14.4 Å². The van der Waals surface area contributed by atoms with Crippen LogP contribution in [0.25, 0.3) is 0 Å². The number of nitro groups is 1. The lowest BCUT2D eigenvalue weighted by Crippen LogP contribution is -2.56. The molecule has 11 heteroatoms. The number of hydrogen-bond donors (Lipinski definition) is 3. The summed E-state index contributed by atoms with van der Waals surface area (Å²) < 4.78 is 10.6. The van der Waals surface area contributed by atoms with Crippen molar-refractivity contribution in [1.82, 2.24) is 0 Å². The van der Waals surface area contributed by atoms with Gasteiger partial charge in [0.1, 0.15) is 23.2 Å². The zero-order chi connectivity index (χ0) is 29.0. The maximum Gasteiger partial charge on any atom is 0.269 e. The Hall–Kier alpha value is -4.77. The second-order valence-electron chi connectivity index (χ2n) is 9.71. The number of non-ortho nitro benzene ring substituents is 1. The van der Waals surface area contributed by atoms with Gasteiger partial charge in [-0.25, -0.2) is 0 Å². The van der Waals surface area contributed by atoms with Crippen LogP contribution in [-0.4, -0.2) is 47.4 Å². The van der Waals surface area contributed by atoms with Crippen molar-refractivity contribution in [2.24, 2.45) is 11.8 Å². The zero-order valence-electron chi connectivity index (χ0n) is 22.1. The highest BCUT2D eigenvalue weighted by Crippen LogP contribution is 2.47. The van der Waals surface area contributed by atoms with E-state index in [4.69, 9.17) is 9.47 Å². The van der Waals surface area contributed by atoms with E-state index in [1.54, 1.807) is 48.5 Å².